The minimum absolute atomic E-state index is 0. The summed E-state index contributed by atoms with van der Waals surface area (Å²) in [6.45, 7) is 5.32. The third-order valence-electron chi connectivity index (χ3n) is 5.54. The Morgan fingerprint density at radius 1 is 1.14 bits per heavy atom. The van der Waals surface area contributed by atoms with Crippen molar-refractivity contribution in [3.63, 3.8) is 0 Å². The van der Waals surface area contributed by atoms with E-state index in [9.17, 15) is 4.79 Å². The van der Waals surface area contributed by atoms with E-state index in [1.165, 1.54) is 37.1 Å². The molecule has 3 rings (SSSR count). The Kier molecular flexibility index (Phi) is 10.4. The van der Waals surface area contributed by atoms with E-state index in [1.54, 1.807) is 11.3 Å². The van der Waals surface area contributed by atoms with Crippen LogP contribution in [-0.2, 0) is 4.79 Å². The van der Waals surface area contributed by atoms with Crippen LogP contribution in [0.2, 0.25) is 0 Å². The van der Waals surface area contributed by atoms with E-state index in [4.69, 9.17) is 0 Å². The fourth-order valence-corrected chi connectivity index (χ4v) is 4.81. The first-order valence-electron chi connectivity index (χ1n) is 10.3. The summed E-state index contributed by atoms with van der Waals surface area (Å²) in [7, 11) is 1.83. The van der Waals surface area contributed by atoms with Crippen molar-refractivity contribution in [2.45, 2.75) is 38.5 Å². The first kappa shape index (κ1) is 23.3. The van der Waals surface area contributed by atoms with E-state index >= 15 is 0 Å². The van der Waals surface area contributed by atoms with Gasteiger partial charge in [-0.1, -0.05) is 19.3 Å². The van der Waals surface area contributed by atoms with Gasteiger partial charge in [-0.25, -0.2) is 0 Å². The molecule has 0 spiro atoms. The zero-order chi connectivity index (χ0) is 18.9. The van der Waals surface area contributed by atoms with Gasteiger partial charge in [-0.3, -0.25) is 9.79 Å². The van der Waals surface area contributed by atoms with E-state index in [-0.39, 0.29) is 29.9 Å². The average molecular weight is 519 g/mol. The maximum atomic E-state index is 12.1. The number of guanidine groups is 1. The quantitative estimate of drug-likeness (QED) is 0.263. The Balaban J connectivity index is 0.00000280. The lowest BCUT2D eigenvalue weighted by Gasteiger charge is -2.37. The molecule has 2 aliphatic rings. The maximum absolute atomic E-state index is 12.1. The number of aliphatic imine (C=N–C) groups is 1. The van der Waals surface area contributed by atoms with Crippen molar-refractivity contribution in [3.05, 3.63) is 17.5 Å². The molecule has 8 heteroatoms. The van der Waals surface area contributed by atoms with Gasteiger partial charge in [-0.15, -0.1) is 35.3 Å². The van der Waals surface area contributed by atoms with Gasteiger partial charge in [0, 0.05) is 52.7 Å². The number of hydrogen-bond donors (Lipinski definition) is 2. The van der Waals surface area contributed by atoms with Gasteiger partial charge in [-0.05, 0) is 36.3 Å². The topological polar surface area (TPSA) is 60.0 Å². The van der Waals surface area contributed by atoms with Crippen molar-refractivity contribution in [1.29, 1.82) is 0 Å². The summed E-state index contributed by atoms with van der Waals surface area (Å²) in [4.78, 5) is 21.2. The summed E-state index contributed by atoms with van der Waals surface area (Å²) in [6, 6.07) is 4.29. The van der Waals surface area contributed by atoms with Crippen LogP contribution in [0.25, 0.3) is 0 Å². The molecular formula is C20H34IN5OS. The molecule has 1 aromatic rings. The Morgan fingerprint density at radius 3 is 2.50 bits per heavy atom. The number of nitrogens with one attached hydrogen (secondary N) is 2. The van der Waals surface area contributed by atoms with Crippen LogP contribution in [0.4, 0.5) is 5.00 Å². The number of amides is 1. The van der Waals surface area contributed by atoms with Crippen LogP contribution in [0.15, 0.2) is 22.5 Å². The summed E-state index contributed by atoms with van der Waals surface area (Å²) in [5.41, 5.74) is 0. The molecule has 1 aliphatic carbocycles. The molecule has 1 saturated heterocycles. The first-order valence-corrected chi connectivity index (χ1v) is 11.1. The largest absolute Gasteiger partial charge is 0.360 e. The van der Waals surface area contributed by atoms with Crippen molar-refractivity contribution in [3.8, 4) is 0 Å². The van der Waals surface area contributed by atoms with Gasteiger partial charge in [0.2, 0.25) is 5.91 Å². The predicted octanol–water partition coefficient (Wildman–Crippen LogP) is 3.15. The molecule has 1 aliphatic heterocycles. The number of anilines is 1. The van der Waals surface area contributed by atoms with Gasteiger partial charge in [0.25, 0.3) is 0 Å². The average Bonchev–Trinajstić information content (AvgIpc) is 3.24. The summed E-state index contributed by atoms with van der Waals surface area (Å²) in [5, 5.41) is 9.92. The van der Waals surface area contributed by atoms with Crippen molar-refractivity contribution < 1.29 is 4.79 Å². The lowest BCUT2D eigenvalue weighted by atomic mass is 9.87. The number of thiophene rings is 1. The molecule has 2 N–H and O–H groups in total. The second-order valence-electron chi connectivity index (χ2n) is 7.46. The first-order chi connectivity index (χ1) is 13.3. The highest BCUT2D eigenvalue weighted by Crippen LogP contribution is 2.26. The summed E-state index contributed by atoms with van der Waals surface area (Å²) < 4.78 is 0. The minimum Gasteiger partial charge on any atom is -0.360 e. The molecule has 0 radical (unpaired) electrons. The van der Waals surface area contributed by atoms with Gasteiger partial charge < -0.3 is 20.4 Å². The number of carbonyl (C=O) groups excluding carboxylic acids is 1. The SMILES string of the molecule is CN=C(NCCNC(=O)CC1CCCCC1)N1CCN(c2cccs2)CC1.I. The molecule has 1 saturated carbocycles. The number of rotatable bonds is 6. The summed E-state index contributed by atoms with van der Waals surface area (Å²) >= 11 is 1.80. The van der Waals surface area contributed by atoms with E-state index in [2.05, 4.69) is 42.9 Å². The molecule has 0 atom stereocenters. The van der Waals surface area contributed by atoms with Crippen LogP contribution in [0, 0.1) is 5.92 Å². The standard InChI is InChI=1S/C20H33N5OS.HI/c1-21-20(25-13-11-24(12-14-25)19-8-5-15-27-19)23-10-9-22-18(26)16-17-6-3-2-4-7-17;/h5,8,15,17H,2-4,6-7,9-14,16H2,1H3,(H,21,23)(H,22,26);1H. The number of carbonyl (C=O) groups is 1. The van der Waals surface area contributed by atoms with Gasteiger partial charge in [0.15, 0.2) is 5.96 Å². The molecule has 1 aromatic heterocycles. The molecule has 0 unspecified atom stereocenters. The molecular weight excluding hydrogens is 485 g/mol. The van der Waals surface area contributed by atoms with Crippen LogP contribution in [0.3, 0.4) is 0 Å². The zero-order valence-corrected chi connectivity index (χ0v) is 20.0. The third-order valence-corrected chi connectivity index (χ3v) is 6.47. The monoisotopic (exact) mass is 519 g/mol. The molecule has 1 amide bonds. The van der Waals surface area contributed by atoms with Crippen LogP contribution in [0.5, 0.6) is 0 Å². The predicted molar refractivity (Wildman–Crippen MR) is 129 cm³/mol. The zero-order valence-electron chi connectivity index (χ0n) is 16.9. The number of hydrogen-bond acceptors (Lipinski definition) is 4. The summed E-state index contributed by atoms with van der Waals surface area (Å²) in [5.74, 6) is 1.73. The highest BCUT2D eigenvalue weighted by atomic mass is 127. The lowest BCUT2D eigenvalue weighted by molar-refractivity contribution is -0.122. The van der Waals surface area contributed by atoms with Crippen LogP contribution < -0.4 is 15.5 Å². The molecule has 0 bridgehead atoms. The Labute approximate surface area is 190 Å². The minimum atomic E-state index is 0. The van der Waals surface area contributed by atoms with Gasteiger partial charge in [0.05, 0.1) is 5.00 Å². The van der Waals surface area contributed by atoms with Crippen molar-refractivity contribution in [2.75, 3.05) is 51.2 Å². The molecule has 158 valence electrons. The van der Waals surface area contributed by atoms with Crippen molar-refractivity contribution >= 4 is 52.2 Å². The van der Waals surface area contributed by atoms with E-state index in [1.807, 2.05) is 7.05 Å². The van der Waals surface area contributed by atoms with E-state index in [0.29, 0.717) is 25.4 Å². The molecule has 2 fully saturated rings. The van der Waals surface area contributed by atoms with Crippen molar-refractivity contribution in [1.82, 2.24) is 15.5 Å². The molecule has 2 heterocycles. The Hall–Kier alpha value is -1.03. The summed E-state index contributed by atoms with van der Waals surface area (Å²) in [6.07, 6.45) is 7.04. The molecule has 28 heavy (non-hydrogen) atoms. The molecule has 6 nitrogen and oxygen atoms in total. The number of piperazine rings is 1. The molecule has 0 aromatic carbocycles. The normalized spacial score (nSPS) is 18.5. The number of nitrogens with zero attached hydrogens (tertiary/aromatic N) is 3. The van der Waals surface area contributed by atoms with Crippen LogP contribution in [-0.4, -0.2) is 63.1 Å². The van der Waals surface area contributed by atoms with Gasteiger partial charge in [-0.2, -0.15) is 0 Å². The van der Waals surface area contributed by atoms with E-state index in [0.717, 1.165) is 32.1 Å². The van der Waals surface area contributed by atoms with Gasteiger partial charge in [0.1, 0.15) is 0 Å². The lowest BCUT2D eigenvalue weighted by Crippen LogP contribution is -2.53. The third kappa shape index (κ3) is 7.09. The maximum Gasteiger partial charge on any atom is 0.220 e. The fourth-order valence-electron chi connectivity index (χ4n) is 4.02. The number of halogens is 1. The van der Waals surface area contributed by atoms with Crippen molar-refractivity contribution in [2.24, 2.45) is 10.9 Å². The highest BCUT2D eigenvalue weighted by Gasteiger charge is 2.20. The highest BCUT2D eigenvalue weighted by molar-refractivity contribution is 14.0. The Morgan fingerprint density at radius 2 is 1.86 bits per heavy atom. The van der Waals surface area contributed by atoms with E-state index < -0.39 is 0 Å². The second-order valence-corrected chi connectivity index (χ2v) is 8.38. The van der Waals surface area contributed by atoms with Crippen LogP contribution in [0.1, 0.15) is 38.5 Å². The smallest absolute Gasteiger partial charge is 0.220 e. The van der Waals surface area contributed by atoms with Gasteiger partial charge >= 0.3 is 0 Å². The van der Waals surface area contributed by atoms with Crippen LogP contribution >= 0.6 is 35.3 Å². The fraction of sp³-hybridized carbons (Fsp3) is 0.700. The second kappa shape index (κ2) is 12.5. The Bertz CT molecular complexity index is 596.